The van der Waals surface area contributed by atoms with Gasteiger partial charge in [-0.15, -0.1) is 11.8 Å². The summed E-state index contributed by atoms with van der Waals surface area (Å²) in [6.07, 6.45) is 3.75. The Morgan fingerprint density at radius 1 is 1.19 bits per heavy atom. The summed E-state index contributed by atoms with van der Waals surface area (Å²) < 4.78 is 11.3. The van der Waals surface area contributed by atoms with Crippen molar-refractivity contribution in [3.05, 3.63) is 58.6 Å². The topological polar surface area (TPSA) is 29.1 Å². The predicted octanol–water partition coefficient (Wildman–Crippen LogP) is 4.55. The lowest BCUT2D eigenvalue weighted by atomic mass is 10.2. The van der Waals surface area contributed by atoms with E-state index < -0.39 is 10.8 Å². The zero-order valence-corrected chi connectivity index (χ0v) is 14.4. The summed E-state index contributed by atoms with van der Waals surface area (Å²) in [7, 11) is -0.893. The fraction of sp³-hybridized carbons (Fsp3) is 0.250. The average Bonchev–Trinajstić information content (AvgIpc) is 2.48. The van der Waals surface area contributed by atoms with Crippen LogP contribution < -0.4 is 5.32 Å². The molecule has 0 aliphatic rings. The number of nitrogens with one attached hydrogen (secondary N) is 1. The third-order valence-electron chi connectivity index (χ3n) is 3.06. The highest BCUT2D eigenvalue weighted by atomic mass is 35.5. The summed E-state index contributed by atoms with van der Waals surface area (Å²) >= 11 is 7.86. The largest absolute Gasteiger partial charge is 0.381 e. The Hall–Kier alpha value is -0.970. The molecule has 2 aromatic carbocycles. The van der Waals surface area contributed by atoms with Crippen molar-refractivity contribution in [2.45, 2.75) is 17.2 Å². The molecule has 0 aliphatic heterocycles. The zero-order chi connectivity index (χ0) is 15.2. The minimum atomic E-state index is -0.893. The van der Waals surface area contributed by atoms with Crippen molar-refractivity contribution < 1.29 is 4.21 Å². The highest BCUT2D eigenvalue weighted by molar-refractivity contribution is 7.98. The molecule has 112 valence electrons. The summed E-state index contributed by atoms with van der Waals surface area (Å²) in [6, 6.07) is 14.3. The Labute approximate surface area is 137 Å². The molecule has 1 atom stereocenters. The Bertz CT molecular complexity index is 629. The van der Waals surface area contributed by atoms with Crippen LogP contribution in [0.5, 0.6) is 0 Å². The van der Waals surface area contributed by atoms with Gasteiger partial charge < -0.3 is 5.32 Å². The lowest BCUT2D eigenvalue weighted by molar-refractivity contribution is 0.686. The van der Waals surface area contributed by atoms with Gasteiger partial charge in [0, 0.05) is 45.0 Å². The fourth-order valence-electron chi connectivity index (χ4n) is 1.96. The molecule has 0 heterocycles. The second kappa shape index (κ2) is 7.87. The summed E-state index contributed by atoms with van der Waals surface area (Å²) in [4.78, 5) is 1.26. The van der Waals surface area contributed by atoms with Gasteiger partial charge in [0.05, 0.1) is 0 Å². The number of hydrogen-bond acceptors (Lipinski definition) is 3. The molecule has 0 saturated heterocycles. The third kappa shape index (κ3) is 5.06. The first-order valence-corrected chi connectivity index (χ1v) is 9.86. The van der Waals surface area contributed by atoms with Gasteiger partial charge >= 0.3 is 0 Å². The van der Waals surface area contributed by atoms with E-state index >= 15 is 0 Å². The lowest BCUT2D eigenvalue weighted by Crippen LogP contribution is -2.01. The van der Waals surface area contributed by atoms with Crippen LogP contribution >= 0.6 is 23.4 Å². The van der Waals surface area contributed by atoms with E-state index in [1.165, 1.54) is 10.5 Å². The van der Waals surface area contributed by atoms with Gasteiger partial charge in [0.2, 0.25) is 0 Å². The Morgan fingerprint density at radius 3 is 2.52 bits per heavy atom. The van der Waals surface area contributed by atoms with Crippen LogP contribution in [-0.4, -0.2) is 16.7 Å². The monoisotopic (exact) mass is 339 g/mol. The maximum Gasteiger partial charge on any atom is 0.0498 e. The number of thioether (sulfide) groups is 1. The highest BCUT2D eigenvalue weighted by Gasteiger charge is 2.04. The van der Waals surface area contributed by atoms with Crippen LogP contribution in [0.2, 0.25) is 5.02 Å². The van der Waals surface area contributed by atoms with Crippen molar-refractivity contribution in [3.8, 4) is 0 Å². The summed E-state index contributed by atoms with van der Waals surface area (Å²) in [5, 5.41) is 4.04. The Kier molecular flexibility index (Phi) is 6.15. The first kappa shape index (κ1) is 16.4. The van der Waals surface area contributed by atoms with E-state index in [0.29, 0.717) is 10.8 Å². The van der Waals surface area contributed by atoms with Gasteiger partial charge in [-0.25, -0.2) is 0 Å². The maximum atomic E-state index is 11.3. The molecule has 0 radical (unpaired) electrons. The number of halogens is 1. The molecule has 1 N–H and O–H groups in total. The fourth-order valence-corrected chi connectivity index (χ4v) is 3.31. The van der Waals surface area contributed by atoms with Crippen LogP contribution in [0.15, 0.2) is 47.4 Å². The SMILES string of the molecule is CSc1ccc(CNc2ccc(Cl)c(C[S@@](C)=O)c2)cc1. The smallest absolute Gasteiger partial charge is 0.0498 e. The number of benzene rings is 2. The maximum absolute atomic E-state index is 11.3. The molecular weight excluding hydrogens is 322 g/mol. The summed E-state index contributed by atoms with van der Waals surface area (Å²) in [6.45, 7) is 0.755. The van der Waals surface area contributed by atoms with E-state index in [1.807, 2.05) is 18.2 Å². The zero-order valence-electron chi connectivity index (χ0n) is 12.1. The molecule has 0 saturated carbocycles. The molecule has 0 spiro atoms. The minimum absolute atomic E-state index is 0.483. The van der Waals surface area contributed by atoms with E-state index in [9.17, 15) is 4.21 Å². The molecule has 2 aromatic rings. The molecule has 2 nitrogen and oxygen atoms in total. The molecule has 2 rings (SSSR count). The van der Waals surface area contributed by atoms with E-state index in [-0.39, 0.29) is 0 Å². The average molecular weight is 340 g/mol. The van der Waals surface area contributed by atoms with Gasteiger partial charge in [-0.05, 0) is 47.7 Å². The van der Waals surface area contributed by atoms with Gasteiger partial charge in [-0.1, -0.05) is 23.7 Å². The van der Waals surface area contributed by atoms with E-state index in [0.717, 1.165) is 17.8 Å². The van der Waals surface area contributed by atoms with Crippen molar-refractivity contribution >= 4 is 39.8 Å². The first-order chi connectivity index (χ1) is 10.1. The van der Waals surface area contributed by atoms with Crippen LogP contribution in [0.4, 0.5) is 5.69 Å². The standard InChI is InChI=1S/C16H18ClNOS2/c1-20-15-6-3-12(4-7-15)10-18-14-5-8-16(17)13(9-14)11-21(2)19/h3-9,18H,10-11H2,1-2H3/t21-/m1/s1. The van der Waals surface area contributed by atoms with Crippen LogP contribution in [0, 0.1) is 0 Å². The van der Waals surface area contributed by atoms with Crippen molar-refractivity contribution in [2.75, 3.05) is 17.8 Å². The van der Waals surface area contributed by atoms with Crippen molar-refractivity contribution in [1.82, 2.24) is 0 Å². The van der Waals surface area contributed by atoms with Gasteiger partial charge in [-0.2, -0.15) is 0 Å². The van der Waals surface area contributed by atoms with E-state index in [1.54, 1.807) is 18.0 Å². The van der Waals surface area contributed by atoms with Crippen LogP contribution in [0.25, 0.3) is 0 Å². The third-order valence-corrected chi connectivity index (χ3v) is 4.89. The predicted molar refractivity (Wildman–Crippen MR) is 94.8 cm³/mol. The van der Waals surface area contributed by atoms with Gasteiger partial charge in [-0.3, -0.25) is 4.21 Å². The van der Waals surface area contributed by atoms with Crippen LogP contribution in [-0.2, 0) is 23.1 Å². The van der Waals surface area contributed by atoms with E-state index in [2.05, 4.69) is 35.8 Å². The Morgan fingerprint density at radius 2 is 1.90 bits per heavy atom. The molecule has 0 aliphatic carbocycles. The van der Waals surface area contributed by atoms with Gasteiger partial charge in [0.15, 0.2) is 0 Å². The van der Waals surface area contributed by atoms with Crippen LogP contribution in [0.3, 0.4) is 0 Å². The summed E-state index contributed by atoms with van der Waals surface area (Å²) in [5.74, 6) is 0.483. The number of hydrogen-bond donors (Lipinski definition) is 1. The molecule has 21 heavy (non-hydrogen) atoms. The summed E-state index contributed by atoms with van der Waals surface area (Å²) in [5.41, 5.74) is 3.14. The molecule has 0 aromatic heterocycles. The molecule has 5 heteroatoms. The molecule has 0 bridgehead atoms. The van der Waals surface area contributed by atoms with Gasteiger partial charge in [0.1, 0.15) is 0 Å². The minimum Gasteiger partial charge on any atom is -0.381 e. The second-order valence-corrected chi connectivity index (χ2v) is 7.45. The quantitative estimate of drug-likeness (QED) is 0.783. The number of rotatable bonds is 6. The normalized spacial score (nSPS) is 12.1. The van der Waals surface area contributed by atoms with Crippen molar-refractivity contribution in [1.29, 1.82) is 0 Å². The van der Waals surface area contributed by atoms with E-state index in [4.69, 9.17) is 11.6 Å². The Balaban J connectivity index is 2.03. The van der Waals surface area contributed by atoms with Crippen molar-refractivity contribution in [2.24, 2.45) is 0 Å². The second-order valence-electron chi connectivity index (χ2n) is 4.73. The molecule has 0 fully saturated rings. The lowest BCUT2D eigenvalue weighted by Gasteiger charge is -2.10. The number of anilines is 1. The molecular formula is C16H18ClNOS2. The van der Waals surface area contributed by atoms with Crippen molar-refractivity contribution in [3.63, 3.8) is 0 Å². The van der Waals surface area contributed by atoms with Crippen LogP contribution in [0.1, 0.15) is 11.1 Å². The highest BCUT2D eigenvalue weighted by Crippen LogP contribution is 2.22. The van der Waals surface area contributed by atoms with Gasteiger partial charge in [0.25, 0.3) is 0 Å². The molecule has 0 unspecified atom stereocenters. The first-order valence-electron chi connectivity index (χ1n) is 6.54. The molecule has 0 amide bonds.